The number of anilines is 2. The summed E-state index contributed by atoms with van der Waals surface area (Å²) in [7, 11) is -3.40. The number of fused-ring (bicyclic) bond motifs is 2. The third-order valence-electron chi connectivity index (χ3n) is 11.7. The maximum Gasteiger partial charge on any atom is 0.264 e. The lowest BCUT2D eigenvalue weighted by Gasteiger charge is -2.31. The zero-order valence-corrected chi connectivity index (χ0v) is 33.9. The number of aliphatic hydroxyl groups is 1. The molecule has 3 aliphatic rings. The van der Waals surface area contributed by atoms with Gasteiger partial charge in [0.15, 0.2) is 5.60 Å². The molecule has 11 heteroatoms. The molecule has 0 aliphatic carbocycles. The van der Waals surface area contributed by atoms with E-state index in [1.807, 2.05) is 71.5 Å². The van der Waals surface area contributed by atoms with Gasteiger partial charge in [0.2, 0.25) is 14.3 Å². The average Bonchev–Trinajstić information content (AvgIpc) is 3.78. The van der Waals surface area contributed by atoms with E-state index < -0.39 is 31.6 Å². The Hall–Kier alpha value is -3.93. The molecule has 9 nitrogen and oxygen atoms in total. The maximum atomic E-state index is 16.6. The number of allylic oxidation sites excluding steroid dienone is 3. The second-order valence-corrected chi connectivity index (χ2v) is 20.1. The van der Waals surface area contributed by atoms with Crippen molar-refractivity contribution in [2.45, 2.75) is 122 Å². The summed E-state index contributed by atoms with van der Waals surface area (Å²) in [5, 5.41) is 19.0. The predicted octanol–water partition coefficient (Wildman–Crippen LogP) is 8.60. The van der Waals surface area contributed by atoms with Gasteiger partial charge in [-0.05, 0) is 89.7 Å². The van der Waals surface area contributed by atoms with Crippen LogP contribution in [0.25, 0.3) is 0 Å². The van der Waals surface area contributed by atoms with Crippen molar-refractivity contribution in [3.05, 3.63) is 94.8 Å². The zero-order valence-electron chi connectivity index (χ0n) is 32.9. The molecule has 5 atom stereocenters. The van der Waals surface area contributed by atoms with Crippen LogP contribution in [-0.2, 0) is 26.5 Å². The summed E-state index contributed by atoms with van der Waals surface area (Å²) in [6, 6.07) is 15.6. The Bertz CT molecular complexity index is 1850. The van der Waals surface area contributed by atoms with Crippen LogP contribution in [0.5, 0.6) is 0 Å². The van der Waals surface area contributed by atoms with Gasteiger partial charge < -0.3 is 23.8 Å². The topological polar surface area (TPSA) is 101 Å². The van der Waals surface area contributed by atoms with E-state index in [0.29, 0.717) is 38.2 Å². The fourth-order valence-corrected chi connectivity index (χ4v) is 11.5. The van der Waals surface area contributed by atoms with Gasteiger partial charge in [-0.15, -0.1) is 5.10 Å². The Morgan fingerprint density at radius 3 is 2.56 bits per heavy atom. The van der Waals surface area contributed by atoms with Crippen molar-refractivity contribution in [1.29, 1.82) is 0 Å². The van der Waals surface area contributed by atoms with Crippen molar-refractivity contribution in [3.8, 4) is 0 Å². The highest BCUT2D eigenvalue weighted by molar-refractivity contribution is 6.72. The normalized spacial score (nSPS) is 24.1. The molecule has 6 rings (SSSR count). The Morgan fingerprint density at radius 1 is 1.07 bits per heavy atom. The van der Waals surface area contributed by atoms with Crippen LogP contribution in [0.3, 0.4) is 0 Å². The molecule has 2 saturated heterocycles. The predicted molar refractivity (Wildman–Crippen MR) is 215 cm³/mol. The third kappa shape index (κ3) is 8.18. The van der Waals surface area contributed by atoms with E-state index in [1.165, 1.54) is 11.1 Å². The van der Waals surface area contributed by atoms with Crippen LogP contribution >= 0.6 is 0 Å². The first-order chi connectivity index (χ1) is 25.8. The van der Waals surface area contributed by atoms with Crippen LogP contribution in [0.2, 0.25) is 18.6 Å². The average molecular weight is 756 g/mol. The Balaban J connectivity index is 1.33. The van der Waals surface area contributed by atoms with Crippen LogP contribution < -0.4 is 9.80 Å². The minimum Gasteiger partial charge on any atom is -0.395 e. The first-order valence-electron chi connectivity index (χ1n) is 19.8. The van der Waals surface area contributed by atoms with Crippen molar-refractivity contribution >= 4 is 31.6 Å². The molecule has 2 amide bonds. The van der Waals surface area contributed by atoms with Gasteiger partial charge in [0.05, 0.1) is 30.0 Å². The lowest BCUT2D eigenvalue weighted by Crippen LogP contribution is -2.45. The summed E-state index contributed by atoms with van der Waals surface area (Å²) < 4.78 is 25.4. The van der Waals surface area contributed by atoms with Crippen molar-refractivity contribution in [2.75, 3.05) is 29.5 Å². The highest BCUT2D eigenvalue weighted by Crippen LogP contribution is 2.60. The minimum atomic E-state index is -3.40. The molecule has 3 aromatic rings. The van der Waals surface area contributed by atoms with Gasteiger partial charge in [-0.2, -0.15) is 0 Å². The molecule has 3 aliphatic heterocycles. The highest BCUT2D eigenvalue weighted by Gasteiger charge is 2.66. The molecule has 2 aromatic carbocycles. The monoisotopic (exact) mass is 755 g/mol. The highest BCUT2D eigenvalue weighted by atomic mass is 28.4. The number of hydrogen-bond acceptors (Lipinski definition) is 6. The number of ether oxygens (including phenoxy) is 1. The number of aryl methyl sites for hydroxylation is 1. The molecule has 54 heavy (non-hydrogen) atoms. The molecular formula is C43H58FN5O4Si. The molecule has 0 bridgehead atoms. The smallest absolute Gasteiger partial charge is 0.264 e. The Labute approximate surface area is 321 Å². The van der Waals surface area contributed by atoms with Gasteiger partial charge in [-0.1, -0.05) is 78.6 Å². The number of amides is 2. The molecule has 1 unspecified atom stereocenters. The van der Waals surface area contributed by atoms with Crippen LogP contribution in [0.1, 0.15) is 102 Å². The van der Waals surface area contributed by atoms with Crippen molar-refractivity contribution in [1.82, 2.24) is 15.0 Å². The van der Waals surface area contributed by atoms with Gasteiger partial charge in [0.1, 0.15) is 0 Å². The molecule has 4 heterocycles. The number of hydrogen-bond donors (Lipinski definition) is 1. The molecule has 2 fully saturated rings. The van der Waals surface area contributed by atoms with Crippen LogP contribution in [0, 0.1) is 5.92 Å². The van der Waals surface area contributed by atoms with Crippen molar-refractivity contribution in [3.63, 3.8) is 0 Å². The van der Waals surface area contributed by atoms with Crippen LogP contribution in [0.4, 0.5) is 15.5 Å². The summed E-state index contributed by atoms with van der Waals surface area (Å²) in [5.74, 6) is -0.836. The summed E-state index contributed by atoms with van der Waals surface area (Å²) >= 11 is 0. The van der Waals surface area contributed by atoms with Gasteiger partial charge in [0.25, 0.3) is 5.91 Å². The standard InChI is InChI=1S/C43H58FN5O4Si/c1-30(2)15-14-16-31(3)22-26-49-38-21-20-34(48-24-13-8-7-12-19-40(48)51)27-36(38)43(42(49)52)32(4)41(54(5,6)44)39(53-43)23-25-47-28-37(45-46-47)35(29-50)33-17-10-9-11-18-33/h9-11,15,17-18,20-22,27-28,32,35,39,41,50H,7-8,12-14,16,19,23-26,29H2,1-6H3/b31-22+/t32-,35?,39+,41-,43+/m0/s1. The molecule has 1 N–H and O–H groups in total. The summed E-state index contributed by atoms with van der Waals surface area (Å²) in [6.45, 7) is 13.0. The number of nitrogens with zero attached hydrogens (tertiary/aromatic N) is 5. The van der Waals surface area contributed by atoms with Crippen molar-refractivity contribution in [2.24, 2.45) is 5.92 Å². The van der Waals surface area contributed by atoms with Gasteiger partial charge >= 0.3 is 0 Å². The van der Waals surface area contributed by atoms with E-state index in [9.17, 15) is 9.90 Å². The Morgan fingerprint density at radius 2 is 1.83 bits per heavy atom. The summed E-state index contributed by atoms with van der Waals surface area (Å²) in [4.78, 5) is 32.1. The van der Waals surface area contributed by atoms with E-state index in [2.05, 4.69) is 43.2 Å². The van der Waals surface area contributed by atoms with Crippen molar-refractivity contribution < 1.29 is 23.5 Å². The second-order valence-electron chi connectivity index (χ2n) is 16.3. The number of benzene rings is 2. The number of carbonyl (C=O) groups is 2. The van der Waals surface area contributed by atoms with Crippen LogP contribution in [-0.4, -0.2) is 66.1 Å². The number of aromatic nitrogens is 3. The first kappa shape index (κ1) is 39.8. The number of carbonyl (C=O) groups excluding carboxylic acids is 2. The van der Waals surface area contributed by atoms with Gasteiger partial charge in [0, 0.05) is 55.0 Å². The van der Waals surface area contributed by atoms with E-state index >= 15 is 8.90 Å². The summed E-state index contributed by atoms with van der Waals surface area (Å²) in [5.41, 5.74) is 4.47. The molecule has 0 saturated carbocycles. The summed E-state index contributed by atoms with van der Waals surface area (Å²) in [6.07, 6.45) is 12.3. The molecule has 290 valence electrons. The van der Waals surface area contributed by atoms with E-state index in [1.54, 1.807) is 17.8 Å². The molecule has 1 spiro atoms. The first-order valence-corrected chi connectivity index (χ1v) is 22.8. The quantitative estimate of drug-likeness (QED) is 0.107. The Kier molecular flexibility index (Phi) is 12.4. The molecule has 1 aromatic heterocycles. The maximum absolute atomic E-state index is 16.6. The molecule has 0 radical (unpaired) electrons. The number of rotatable bonds is 13. The van der Waals surface area contributed by atoms with Crippen LogP contribution in [0.15, 0.2) is 78.0 Å². The zero-order chi connectivity index (χ0) is 38.6. The van der Waals surface area contributed by atoms with E-state index in [4.69, 9.17) is 4.74 Å². The van der Waals surface area contributed by atoms with E-state index in [0.717, 1.165) is 61.0 Å². The van der Waals surface area contributed by atoms with Gasteiger partial charge in [-0.3, -0.25) is 14.3 Å². The third-order valence-corrected chi connectivity index (χ3v) is 14.2. The van der Waals surface area contributed by atoms with E-state index in [-0.39, 0.29) is 24.3 Å². The lowest BCUT2D eigenvalue weighted by molar-refractivity contribution is -0.145. The minimum absolute atomic E-state index is 0.0937. The fourth-order valence-electron chi connectivity index (χ4n) is 8.92. The molecular weight excluding hydrogens is 698 g/mol. The SMILES string of the molecule is CC(C)=CCC/C(C)=C/CN1C(=O)[C@]2(O[C@H](CCn3cc(C(CO)c4ccccc4)nn3)[C@@H]([Si](C)(C)F)[C@@H]2C)c2cc(N3CCCCCCC3=O)ccc21. The largest absolute Gasteiger partial charge is 0.395 e. The number of halogens is 1. The second kappa shape index (κ2) is 16.8. The van der Waals surface area contributed by atoms with Gasteiger partial charge in [-0.25, -0.2) is 0 Å². The lowest BCUT2D eigenvalue weighted by atomic mass is 9.82. The fraction of sp³-hybridized carbons (Fsp3) is 0.535. The number of aliphatic hydroxyl groups excluding tert-OH is 1.